The molecule has 7 nitrogen and oxygen atoms in total. The largest absolute Gasteiger partial charge is 0.490 e. The predicted molar refractivity (Wildman–Crippen MR) is 156 cm³/mol. The maximum absolute atomic E-state index is 14.0. The van der Waals surface area contributed by atoms with Gasteiger partial charge >= 0.3 is 0 Å². The summed E-state index contributed by atoms with van der Waals surface area (Å²) >= 11 is 0. The molecule has 2 N–H and O–H groups in total. The molecule has 2 fully saturated rings. The number of hydrogen-bond acceptors (Lipinski definition) is 5. The fraction of sp³-hybridized carbons (Fsp3) is 0.455. The Morgan fingerprint density at radius 1 is 0.976 bits per heavy atom. The van der Waals surface area contributed by atoms with E-state index in [0.29, 0.717) is 45.1 Å². The molecule has 8 heteroatoms. The minimum absolute atomic E-state index is 0.113. The molecule has 41 heavy (non-hydrogen) atoms. The third kappa shape index (κ3) is 6.64. The van der Waals surface area contributed by atoms with Crippen molar-refractivity contribution in [3.05, 3.63) is 75.5 Å². The molecule has 0 spiro atoms. The summed E-state index contributed by atoms with van der Waals surface area (Å²) in [5, 5.41) is 14.0. The van der Waals surface area contributed by atoms with Crippen LogP contribution in [-0.4, -0.2) is 27.7 Å². The van der Waals surface area contributed by atoms with Crippen LogP contribution in [-0.2, 0) is 17.4 Å². The van der Waals surface area contributed by atoms with Crippen molar-refractivity contribution in [2.45, 2.75) is 84.0 Å². The van der Waals surface area contributed by atoms with Crippen molar-refractivity contribution in [2.24, 2.45) is 13.0 Å². The first-order valence-electron chi connectivity index (χ1n) is 14.4. The molecule has 1 aromatic heterocycles. The van der Waals surface area contributed by atoms with Crippen molar-refractivity contribution in [3.63, 3.8) is 0 Å². The number of nitrogens with zero attached hydrogens (tertiary/aromatic N) is 1. The molecule has 0 radical (unpaired) electrons. The Labute approximate surface area is 240 Å². The summed E-state index contributed by atoms with van der Waals surface area (Å²) in [6, 6.07) is 9.93. The number of nitrogens with one attached hydrogen (secondary N) is 1. The molecule has 2 aromatic carbocycles. The van der Waals surface area contributed by atoms with Crippen molar-refractivity contribution in [2.75, 3.05) is 0 Å². The monoisotopic (exact) mass is 562 g/mol. The zero-order valence-electron chi connectivity index (χ0n) is 24.4. The average molecular weight is 563 g/mol. The van der Waals surface area contributed by atoms with Crippen molar-refractivity contribution in [3.8, 4) is 28.4 Å². The van der Waals surface area contributed by atoms with Gasteiger partial charge in [0, 0.05) is 42.4 Å². The van der Waals surface area contributed by atoms with E-state index in [4.69, 9.17) is 9.47 Å². The molecular formula is C33H39FN2O5. The van der Waals surface area contributed by atoms with E-state index < -0.39 is 5.60 Å². The molecular weight excluding hydrogens is 523 g/mol. The van der Waals surface area contributed by atoms with Crippen LogP contribution < -0.4 is 20.3 Å². The van der Waals surface area contributed by atoms with Crippen LogP contribution in [0, 0.1) is 25.6 Å². The van der Waals surface area contributed by atoms with Crippen LogP contribution in [0.3, 0.4) is 0 Å². The van der Waals surface area contributed by atoms with Crippen LogP contribution in [0.4, 0.5) is 4.39 Å². The molecule has 2 aliphatic rings. The first-order chi connectivity index (χ1) is 19.4. The smallest absolute Gasteiger partial charge is 0.254 e. The molecule has 0 aliphatic heterocycles. The number of carbonyl (C=O) groups is 1. The van der Waals surface area contributed by atoms with Gasteiger partial charge in [-0.1, -0.05) is 6.07 Å². The van der Waals surface area contributed by atoms with E-state index in [9.17, 15) is 19.1 Å². The standard InChI is InChI=1S/C33H39FN2O5/c1-19-14-23(34)15-20(2)31(19)41-28-13-8-22(33(3,4)39)16-26(28)27-18-36(5)30(37)17-29(27)40-25-11-9-24(10-12-25)35-32(38)21-6-7-21/h8,13-18,21,24-25,39H,6-7,9-12H2,1-5H3,(H,35,38). The summed E-state index contributed by atoms with van der Waals surface area (Å²) in [6.07, 6.45) is 6.71. The zero-order valence-corrected chi connectivity index (χ0v) is 24.4. The number of benzene rings is 2. The minimum atomic E-state index is -1.13. The minimum Gasteiger partial charge on any atom is -0.490 e. The number of rotatable bonds is 8. The molecule has 3 aromatic rings. The number of aliphatic hydroxyl groups is 1. The summed E-state index contributed by atoms with van der Waals surface area (Å²) < 4.78 is 28.4. The molecule has 0 atom stereocenters. The van der Waals surface area contributed by atoms with Gasteiger partial charge in [-0.2, -0.15) is 0 Å². The molecule has 218 valence electrons. The van der Waals surface area contributed by atoms with E-state index in [-0.39, 0.29) is 35.3 Å². The van der Waals surface area contributed by atoms with Gasteiger partial charge in [0.05, 0.1) is 11.7 Å². The van der Waals surface area contributed by atoms with E-state index >= 15 is 0 Å². The second-order valence-corrected chi connectivity index (χ2v) is 12.1. The highest BCUT2D eigenvalue weighted by atomic mass is 19.1. The Morgan fingerprint density at radius 3 is 2.24 bits per heavy atom. The van der Waals surface area contributed by atoms with Crippen molar-refractivity contribution in [1.82, 2.24) is 9.88 Å². The van der Waals surface area contributed by atoms with E-state index in [1.807, 2.05) is 6.07 Å². The molecule has 0 unspecified atom stereocenters. The van der Waals surface area contributed by atoms with Gasteiger partial charge in [-0.25, -0.2) is 4.39 Å². The average Bonchev–Trinajstić information content (AvgIpc) is 3.75. The number of pyridine rings is 1. The van der Waals surface area contributed by atoms with E-state index in [1.54, 1.807) is 53.1 Å². The quantitative estimate of drug-likeness (QED) is 0.349. The van der Waals surface area contributed by atoms with Gasteiger partial charge in [0.25, 0.3) is 5.56 Å². The van der Waals surface area contributed by atoms with Crippen molar-refractivity contribution >= 4 is 5.91 Å². The second kappa shape index (κ2) is 11.3. The number of aryl methyl sites for hydroxylation is 3. The third-order valence-electron chi connectivity index (χ3n) is 8.07. The highest BCUT2D eigenvalue weighted by Crippen LogP contribution is 2.42. The highest BCUT2D eigenvalue weighted by Gasteiger charge is 2.32. The maximum atomic E-state index is 14.0. The lowest BCUT2D eigenvalue weighted by Gasteiger charge is -2.30. The zero-order chi connectivity index (χ0) is 29.5. The second-order valence-electron chi connectivity index (χ2n) is 12.1. The Balaban J connectivity index is 1.48. The maximum Gasteiger partial charge on any atom is 0.254 e. The summed E-state index contributed by atoms with van der Waals surface area (Å²) in [7, 11) is 1.68. The van der Waals surface area contributed by atoms with Crippen molar-refractivity contribution < 1.29 is 23.8 Å². The SMILES string of the molecule is Cc1cc(F)cc(C)c1Oc1ccc(C(C)(C)O)cc1-c1cn(C)c(=O)cc1OC1CCC(NC(=O)C2CC2)CC1. The van der Waals surface area contributed by atoms with Gasteiger partial charge < -0.3 is 24.5 Å². The number of hydrogen-bond donors (Lipinski definition) is 2. The Kier molecular flexibility index (Phi) is 7.97. The van der Waals surface area contributed by atoms with Crippen LogP contribution in [0.2, 0.25) is 0 Å². The van der Waals surface area contributed by atoms with Gasteiger partial charge in [-0.3, -0.25) is 9.59 Å². The van der Waals surface area contributed by atoms with Crippen LogP contribution in [0.5, 0.6) is 17.2 Å². The summed E-state index contributed by atoms with van der Waals surface area (Å²) in [4.78, 5) is 25.0. The molecule has 5 rings (SSSR count). The van der Waals surface area contributed by atoms with Crippen LogP contribution in [0.1, 0.15) is 69.1 Å². The summed E-state index contributed by atoms with van der Waals surface area (Å²) in [5.74, 6) is 1.48. The Hall–Kier alpha value is -3.65. The van der Waals surface area contributed by atoms with Crippen molar-refractivity contribution in [1.29, 1.82) is 0 Å². The Morgan fingerprint density at radius 2 is 1.63 bits per heavy atom. The topological polar surface area (TPSA) is 89.8 Å². The van der Waals surface area contributed by atoms with E-state index in [0.717, 1.165) is 38.5 Å². The number of ether oxygens (including phenoxy) is 2. The Bertz CT molecular complexity index is 1490. The first-order valence-corrected chi connectivity index (χ1v) is 14.4. The molecule has 0 bridgehead atoms. The van der Waals surface area contributed by atoms with Gasteiger partial charge in [0.2, 0.25) is 5.91 Å². The van der Waals surface area contributed by atoms with E-state index in [1.165, 1.54) is 22.8 Å². The molecule has 1 amide bonds. The van der Waals surface area contributed by atoms with Crippen LogP contribution in [0.25, 0.3) is 11.1 Å². The lowest BCUT2D eigenvalue weighted by Crippen LogP contribution is -2.40. The normalized spacial score (nSPS) is 19.1. The summed E-state index contributed by atoms with van der Waals surface area (Å²) in [5.41, 5.74) is 1.93. The number of amides is 1. The lowest BCUT2D eigenvalue weighted by molar-refractivity contribution is -0.123. The van der Waals surface area contributed by atoms with Gasteiger partial charge in [0.15, 0.2) is 0 Å². The third-order valence-corrected chi connectivity index (χ3v) is 8.07. The fourth-order valence-electron chi connectivity index (χ4n) is 5.46. The number of halogens is 1. The van der Waals surface area contributed by atoms with E-state index in [2.05, 4.69) is 5.32 Å². The number of aromatic nitrogens is 1. The number of carbonyl (C=O) groups excluding carboxylic acids is 1. The van der Waals surface area contributed by atoms with Crippen LogP contribution in [0.15, 0.2) is 47.4 Å². The molecule has 1 heterocycles. The molecule has 0 saturated heterocycles. The first kappa shape index (κ1) is 28.9. The fourth-order valence-corrected chi connectivity index (χ4v) is 5.46. The van der Waals surface area contributed by atoms with Crippen LogP contribution >= 0.6 is 0 Å². The lowest BCUT2D eigenvalue weighted by atomic mass is 9.92. The predicted octanol–water partition coefficient (Wildman–Crippen LogP) is 6.04. The van der Waals surface area contributed by atoms with Gasteiger partial charge in [-0.15, -0.1) is 0 Å². The molecule has 2 saturated carbocycles. The summed E-state index contributed by atoms with van der Waals surface area (Å²) in [6.45, 7) is 7.00. The highest BCUT2D eigenvalue weighted by molar-refractivity contribution is 5.81. The van der Waals surface area contributed by atoms with Gasteiger partial charge in [-0.05, 0) is 107 Å². The molecule has 2 aliphatic carbocycles. The van der Waals surface area contributed by atoms with Gasteiger partial charge in [0.1, 0.15) is 23.1 Å².